The summed E-state index contributed by atoms with van der Waals surface area (Å²) in [7, 11) is 1.63. The van der Waals surface area contributed by atoms with Gasteiger partial charge in [0.15, 0.2) is 0 Å². The molecule has 6 heteroatoms. The number of furan rings is 1. The van der Waals surface area contributed by atoms with Crippen LogP contribution in [0.15, 0.2) is 65.1 Å². The van der Waals surface area contributed by atoms with Crippen molar-refractivity contribution in [3.63, 3.8) is 0 Å². The number of benzene rings is 2. The molecule has 1 heterocycles. The van der Waals surface area contributed by atoms with E-state index in [0.29, 0.717) is 18.5 Å². The molecule has 0 spiro atoms. The van der Waals surface area contributed by atoms with Crippen molar-refractivity contribution < 1.29 is 18.7 Å². The Kier molecular flexibility index (Phi) is 6.11. The molecule has 0 fully saturated rings. The van der Waals surface area contributed by atoms with Crippen molar-refractivity contribution in [2.45, 2.75) is 19.3 Å². The van der Waals surface area contributed by atoms with Gasteiger partial charge in [-0.05, 0) is 54.1 Å². The van der Waals surface area contributed by atoms with Gasteiger partial charge in [-0.2, -0.15) is 0 Å². The molecule has 0 radical (unpaired) electrons. The largest absolute Gasteiger partial charge is 0.497 e. The minimum atomic E-state index is -0.385. The third kappa shape index (κ3) is 5.23. The van der Waals surface area contributed by atoms with Crippen molar-refractivity contribution in [1.29, 1.82) is 0 Å². The van der Waals surface area contributed by atoms with E-state index in [2.05, 4.69) is 5.32 Å². The fraction of sp³-hybridized carbons (Fsp3) is 0.182. The van der Waals surface area contributed by atoms with Gasteiger partial charge in [-0.1, -0.05) is 12.1 Å². The zero-order chi connectivity index (χ0) is 19.9. The van der Waals surface area contributed by atoms with Crippen LogP contribution in [0.5, 0.6) is 5.75 Å². The molecule has 1 aromatic heterocycles. The molecule has 0 aliphatic carbocycles. The zero-order valence-electron chi connectivity index (χ0n) is 15.6. The highest BCUT2D eigenvalue weighted by Crippen LogP contribution is 2.25. The first-order chi connectivity index (χ1) is 13.5. The first kappa shape index (κ1) is 19.2. The molecular formula is C22H22N2O4. The Balaban J connectivity index is 1.52. The number of primary amides is 1. The van der Waals surface area contributed by atoms with E-state index < -0.39 is 0 Å². The average molecular weight is 378 g/mol. The summed E-state index contributed by atoms with van der Waals surface area (Å²) < 4.78 is 11.0. The summed E-state index contributed by atoms with van der Waals surface area (Å²) in [5.41, 5.74) is 7.61. The van der Waals surface area contributed by atoms with Gasteiger partial charge in [0.25, 0.3) is 0 Å². The van der Waals surface area contributed by atoms with Crippen LogP contribution >= 0.6 is 0 Å². The molecule has 0 unspecified atom stereocenters. The second kappa shape index (κ2) is 8.90. The molecule has 144 valence electrons. The monoisotopic (exact) mass is 378 g/mol. The van der Waals surface area contributed by atoms with Gasteiger partial charge in [0.05, 0.1) is 13.5 Å². The molecule has 0 atom stereocenters. The first-order valence-electron chi connectivity index (χ1n) is 8.94. The van der Waals surface area contributed by atoms with E-state index in [1.807, 2.05) is 36.4 Å². The minimum absolute atomic E-state index is 0.106. The molecule has 6 nitrogen and oxygen atoms in total. The average Bonchev–Trinajstić information content (AvgIpc) is 3.17. The van der Waals surface area contributed by atoms with Crippen LogP contribution in [0.1, 0.15) is 17.7 Å². The fourth-order valence-electron chi connectivity index (χ4n) is 2.79. The van der Waals surface area contributed by atoms with Crippen LogP contribution in [0.4, 0.5) is 5.69 Å². The molecule has 3 rings (SSSR count). The Labute approximate surface area is 163 Å². The van der Waals surface area contributed by atoms with Crippen molar-refractivity contribution >= 4 is 17.5 Å². The second-order valence-corrected chi connectivity index (χ2v) is 6.38. The Bertz CT molecular complexity index is 943. The molecule has 0 bridgehead atoms. The van der Waals surface area contributed by atoms with E-state index in [1.54, 1.807) is 31.4 Å². The Morgan fingerprint density at radius 3 is 2.36 bits per heavy atom. The fourth-order valence-corrected chi connectivity index (χ4v) is 2.79. The van der Waals surface area contributed by atoms with Crippen molar-refractivity contribution in [2.75, 3.05) is 12.4 Å². The Morgan fingerprint density at radius 2 is 1.71 bits per heavy atom. The van der Waals surface area contributed by atoms with Crippen molar-refractivity contribution in [2.24, 2.45) is 5.73 Å². The molecule has 28 heavy (non-hydrogen) atoms. The third-order valence-electron chi connectivity index (χ3n) is 4.25. The number of carbonyl (C=O) groups excluding carboxylic acids is 2. The van der Waals surface area contributed by atoms with Crippen molar-refractivity contribution in [3.05, 3.63) is 72.0 Å². The summed E-state index contributed by atoms with van der Waals surface area (Å²) in [5.74, 6) is 1.80. The van der Waals surface area contributed by atoms with Gasteiger partial charge in [0.1, 0.15) is 17.3 Å². The number of hydrogen-bond acceptors (Lipinski definition) is 4. The van der Waals surface area contributed by atoms with E-state index in [-0.39, 0.29) is 18.2 Å². The van der Waals surface area contributed by atoms with Gasteiger partial charge in [-0.25, -0.2) is 0 Å². The van der Waals surface area contributed by atoms with E-state index in [9.17, 15) is 9.59 Å². The lowest BCUT2D eigenvalue weighted by Gasteiger charge is -2.06. The number of anilines is 1. The molecule has 2 amide bonds. The first-order valence-corrected chi connectivity index (χ1v) is 8.94. The SMILES string of the molecule is COc1ccc(-c2ccc(CCC(=O)Nc3ccc(CC(N)=O)cc3)o2)cc1. The maximum atomic E-state index is 12.2. The highest BCUT2D eigenvalue weighted by atomic mass is 16.5. The number of carbonyl (C=O) groups is 2. The van der Waals surface area contributed by atoms with Crippen LogP contribution in [0.3, 0.4) is 0 Å². The molecule has 2 aromatic carbocycles. The van der Waals surface area contributed by atoms with Crippen LogP contribution in [-0.2, 0) is 22.4 Å². The second-order valence-electron chi connectivity index (χ2n) is 6.38. The number of amides is 2. The number of ether oxygens (including phenoxy) is 1. The van der Waals surface area contributed by atoms with Crippen LogP contribution in [0.25, 0.3) is 11.3 Å². The maximum absolute atomic E-state index is 12.2. The van der Waals surface area contributed by atoms with E-state index in [0.717, 1.165) is 28.4 Å². The van der Waals surface area contributed by atoms with Gasteiger partial charge in [0, 0.05) is 24.1 Å². The third-order valence-corrected chi connectivity index (χ3v) is 4.25. The highest BCUT2D eigenvalue weighted by molar-refractivity contribution is 5.90. The molecule has 0 saturated heterocycles. The summed E-state index contributed by atoms with van der Waals surface area (Å²) in [4.78, 5) is 23.1. The Hall–Kier alpha value is -3.54. The zero-order valence-corrected chi connectivity index (χ0v) is 15.6. The van der Waals surface area contributed by atoms with Gasteiger partial charge >= 0.3 is 0 Å². The van der Waals surface area contributed by atoms with Crippen LogP contribution in [0, 0.1) is 0 Å². The van der Waals surface area contributed by atoms with Crippen LogP contribution in [0.2, 0.25) is 0 Å². The molecular weight excluding hydrogens is 356 g/mol. The number of nitrogens with one attached hydrogen (secondary N) is 1. The van der Waals surface area contributed by atoms with Crippen LogP contribution in [-0.4, -0.2) is 18.9 Å². The van der Waals surface area contributed by atoms with Gasteiger partial charge < -0.3 is 20.2 Å². The molecule has 3 aromatic rings. The summed E-state index contributed by atoms with van der Waals surface area (Å²) in [6.45, 7) is 0. The van der Waals surface area contributed by atoms with E-state index in [1.165, 1.54) is 0 Å². The minimum Gasteiger partial charge on any atom is -0.497 e. The Morgan fingerprint density at radius 1 is 1.00 bits per heavy atom. The number of hydrogen-bond donors (Lipinski definition) is 2. The lowest BCUT2D eigenvalue weighted by molar-refractivity contribution is -0.117. The van der Waals surface area contributed by atoms with Gasteiger partial charge in [0.2, 0.25) is 11.8 Å². The molecule has 0 aliphatic rings. The van der Waals surface area contributed by atoms with Crippen LogP contribution < -0.4 is 15.8 Å². The summed E-state index contributed by atoms with van der Waals surface area (Å²) in [5, 5.41) is 2.83. The number of nitrogens with two attached hydrogens (primary N) is 1. The highest BCUT2D eigenvalue weighted by Gasteiger charge is 2.09. The quantitative estimate of drug-likeness (QED) is 0.627. The lowest BCUT2D eigenvalue weighted by Crippen LogP contribution is -2.14. The normalized spacial score (nSPS) is 10.5. The van der Waals surface area contributed by atoms with Crippen molar-refractivity contribution in [1.82, 2.24) is 0 Å². The number of rotatable bonds is 8. The predicted octanol–water partition coefficient (Wildman–Crippen LogP) is 3.55. The summed E-state index contributed by atoms with van der Waals surface area (Å²) in [6, 6.07) is 18.4. The van der Waals surface area contributed by atoms with E-state index >= 15 is 0 Å². The van der Waals surface area contributed by atoms with Crippen molar-refractivity contribution in [3.8, 4) is 17.1 Å². The smallest absolute Gasteiger partial charge is 0.224 e. The number of aryl methyl sites for hydroxylation is 1. The van der Waals surface area contributed by atoms with E-state index in [4.69, 9.17) is 14.9 Å². The molecule has 0 aliphatic heterocycles. The number of methoxy groups -OCH3 is 1. The molecule has 0 saturated carbocycles. The molecule has 3 N–H and O–H groups in total. The van der Waals surface area contributed by atoms with Gasteiger partial charge in [-0.3, -0.25) is 9.59 Å². The maximum Gasteiger partial charge on any atom is 0.224 e. The summed E-state index contributed by atoms with van der Waals surface area (Å²) >= 11 is 0. The topological polar surface area (TPSA) is 94.6 Å². The standard InChI is InChI=1S/C22H22N2O4/c1-27-18-8-4-16(5-9-18)20-12-10-19(28-20)11-13-22(26)24-17-6-2-15(3-7-17)14-21(23)25/h2-10,12H,11,13-14H2,1H3,(H2,23,25)(H,24,26). The summed E-state index contributed by atoms with van der Waals surface area (Å²) in [6.07, 6.45) is 0.990. The predicted molar refractivity (Wildman–Crippen MR) is 107 cm³/mol. The van der Waals surface area contributed by atoms with Gasteiger partial charge in [-0.15, -0.1) is 0 Å². The lowest BCUT2D eigenvalue weighted by atomic mass is 10.1.